The van der Waals surface area contributed by atoms with Gasteiger partial charge in [-0.2, -0.15) is 13.2 Å². The third-order valence-corrected chi connectivity index (χ3v) is 3.32. The van der Waals surface area contributed by atoms with Gasteiger partial charge in [-0.15, -0.1) is 0 Å². The van der Waals surface area contributed by atoms with Crippen LogP contribution in [0.4, 0.5) is 13.2 Å². The first kappa shape index (κ1) is 14.3. The summed E-state index contributed by atoms with van der Waals surface area (Å²) in [5.41, 5.74) is -0.716. The van der Waals surface area contributed by atoms with Crippen LogP contribution in [0.2, 0.25) is 0 Å². The lowest BCUT2D eigenvalue weighted by molar-refractivity contribution is -0.146. The van der Waals surface area contributed by atoms with Crippen LogP contribution in [0, 0.1) is 0 Å². The van der Waals surface area contributed by atoms with Crippen LogP contribution < -0.4 is 5.32 Å². The molecule has 17 heavy (non-hydrogen) atoms. The van der Waals surface area contributed by atoms with Crippen molar-refractivity contribution in [2.24, 2.45) is 0 Å². The van der Waals surface area contributed by atoms with Crippen LogP contribution in [0.3, 0.4) is 0 Å². The fraction of sp³-hybridized carbons (Fsp3) is 0.909. The molecule has 1 aliphatic heterocycles. The first-order valence-corrected chi connectivity index (χ1v) is 5.89. The van der Waals surface area contributed by atoms with Crippen molar-refractivity contribution < 1.29 is 18.0 Å². The first-order valence-electron chi connectivity index (χ1n) is 5.89. The number of halogens is 3. The zero-order valence-electron chi connectivity index (χ0n) is 10.4. The Kier molecular flexibility index (Phi) is 4.06. The molecule has 3 nitrogen and oxygen atoms in total. The van der Waals surface area contributed by atoms with Gasteiger partial charge in [0.05, 0.1) is 18.1 Å². The summed E-state index contributed by atoms with van der Waals surface area (Å²) < 4.78 is 36.5. The Morgan fingerprint density at radius 1 is 1.41 bits per heavy atom. The van der Waals surface area contributed by atoms with E-state index >= 15 is 0 Å². The smallest absolute Gasteiger partial charge is 0.325 e. The second-order valence-electron chi connectivity index (χ2n) is 4.62. The Hall–Kier alpha value is -0.780. The molecule has 0 radical (unpaired) electrons. The Labute approximate surface area is 99.4 Å². The fourth-order valence-electron chi connectivity index (χ4n) is 2.05. The van der Waals surface area contributed by atoms with Gasteiger partial charge in [0, 0.05) is 6.54 Å². The van der Waals surface area contributed by atoms with Crippen LogP contribution in [-0.2, 0) is 4.79 Å². The zero-order valence-corrected chi connectivity index (χ0v) is 10.4. The minimum Gasteiger partial charge on any atom is -0.325 e. The minimum atomic E-state index is -4.22. The topological polar surface area (TPSA) is 32.3 Å². The normalized spacial score (nSPS) is 30.1. The maximum absolute atomic E-state index is 12.2. The molecule has 1 aliphatic rings. The molecule has 0 aromatic carbocycles. The van der Waals surface area contributed by atoms with E-state index in [1.165, 1.54) is 4.90 Å². The third-order valence-electron chi connectivity index (χ3n) is 3.32. The fourth-order valence-corrected chi connectivity index (χ4v) is 2.05. The summed E-state index contributed by atoms with van der Waals surface area (Å²) in [5, 5.41) is 3.11. The second-order valence-corrected chi connectivity index (χ2v) is 4.62. The van der Waals surface area contributed by atoms with Crippen LogP contribution >= 0.6 is 0 Å². The maximum atomic E-state index is 12.2. The van der Waals surface area contributed by atoms with Gasteiger partial charge in [0.2, 0.25) is 5.91 Å². The molecule has 0 bridgehead atoms. The van der Waals surface area contributed by atoms with Crippen LogP contribution in [0.25, 0.3) is 0 Å². The lowest BCUT2D eigenvalue weighted by Crippen LogP contribution is -2.43. The van der Waals surface area contributed by atoms with E-state index in [0.29, 0.717) is 12.8 Å². The molecule has 1 saturated heterocycles. The highest BCUT2D eigenvalue weighted by Gasteiger charge is 2.46. The van der Waals surface area contributed by atoms with Crippen molar-refractivity contribution in [3.63, 3.8) is 0 Å². The van der Waals surface area contributed by atoms with Gasteiger partial charge in [-0.05, 0) is 19.8 Å². The number of nitrogens with one attached hydrogen (secondary N) is 1. The lowest BCUT2D eigenvalue weighted by atomic mass is 9.99. The number of alkyl halides is 3. The summed E-state index contributed by atoms with van der Waals surface area (Å²) in [7, 11) is 0. The maximum Gasteiger partial charge on any atom is 0.390 e. The van der Waals surface area contributed by atoms with Gasteiger partial charge in [0.25, 0.3) is 0 Å². The Morgan fingerprint density at radius 2 is 2.00 bits per heavy atom. The minimum absolute atomic E-state index is 0.226. The number of carbonyl (C=O) groups excluding carboxylic acids is 1. The molecule has 1 amide bonds. The Bertz CT molecular complexity index is 293. The van der Waals surface area contributed by atoms with Gasteiger partial charge in [-0.1, -0.05) is 13.8 Å². The third kappa shape index (κ3) is 3.12. The largest absolute Gasteiger partial charge is 0.390 e. The first-order chi connectivity index (χ1) is 7.73. The molecule has 0 spiro atoms. The summed E-state index contributed by atoms with van der Waals surface area (Å²) in [6, 6.07) is 0. The van der Waals surface area contributed by atoms with E-state index in [1.54, 1.807) is 6.92 Å². The highest BCUT2D eigenvalue weighted by atomic mass is 19.4. The van der Waals surface area contributed by atoms with Crippen LogP contribution in [0.5, 0.6) is 0 Å². The van der Waals surface area contributed by atoms with E-state index in [-0.39, 0.29) is 18.6 Å². The zero-order chi connectivity index (χ0) is 13.3. The van der Waals surface area contributed by atoms with E-state index in [4.69, 9.17) is 0 Å². The summed E-state index contributed by atoms with van der Waals surface area (Å²) in [6.45, 7) is 5.19. The quantitative estimate of drug-likeness (QED) is 0.832. The summed E-state index contributed by atoms with van der Waals surface area (Å²) >= 11 is 0. The molecular formula is C11H19F3N2O. The molecule has 2 atom stereocenters. The highest BCUT2D eigenvalue weighted by Crippen LogP contribution is 2.27. The van der Waals surface area contributed by atoms with E-state index in [0.717, 1.165) is 0 Å². The van der Waals surface area contributed by atoms with Crippen molar-refractivity contribution in [2.75, 3.05) is 6.54 Å². The van der Waals surface area contributed by atoms with Crippen molar-refractivity contribution in [1.82, 2.24) is 10.2 Å². The average Bonchev–Trinajstić information content (AvgIpc) is 2.49. The molecule has 0 aromatic heterocycles. The molecule has 2 unspecified atom stereocenters. The highest BCUT2D eigenvalue weighted by molar-refractivity contribution is 5.88. The van der Waals surface area contributed by atoms with Crippen molar-refractivity contribution >= 4 is 5.91 Å². The van der Waals surface area contributed by atoms with Crippen LogP contribution in [0.1, 0.15) is 40.0 Å². The van der Waals surface area contributed by atoms with E-state index in [9.17, 15) is 18.0 Å². The number of amides is 1. The van der Waals surface area contributed by atoms with Crippen LogP contribution in [-0.4, -0.2) is 35.2 Å². The van der Waals surface area contributed by atoms with Gasteiger partial charge >= 0.3 is 6.18 Å². The number of hydrogen-bond acceptors (Lipinski definition) is 2. The SMILES string of the molecule is CCC1NC(C)(CC)C(=O)N1CCC(F)(F)F. The number of rotatable bonds is 4. The second kappa shape index (κ2) is 4.84. The average molecular weight is 252 g/mol. The molecule has 0 aliphatic carbocycles. The summed E-state index contributed by atoms with van der Waals surface area (Å²) in [6.07, 6.45) is -4.26. The predicted octanol–water partition coefficient (Wildman–Crippen LogP) is 2.28. The van der Waals surface area contributed by atoms with Gasteiger partial charge in [-0.25, -0.2) is 0 Å². The van der Waals surface area contributed by atoms with Crippen molar-refractivity contribution in [3.8, 4) is 0 Å². The van der Waals surface area contributed by atoms with E-state index < -0.39 is 18.1 Å². The van der Waals surface area contributed by atoms with E-state index in [2.05, 4.69) is 5.32 Å². The Morgan fingerprint density at radius 3 is 2.41 bits per heavy atom. The Balaban J connectivity index is 2.73. The number of hydrogen-bond donors (Lipinski definition) is 1. The molecule has 1 N–H and O–H groups in total. The molecule has 1 rings (SSSR count). The van der Waals surface area contributed by atoms with Gasteiger partial charge in [0.1, 0.15) is 0 Å². The van der Waals surface area contributed by atoms with Gasteiger partial charge < -0.3 is 4.90 Å². The summed E-state index contributed by atoms with van der Waals surface area (Å²) in [5.74, 6) is -0.226. The molecule has 6 heteroatoms. The lowest BCUT2D eigenvalue weighted by Gasteiger charge is -2.23. The monoisotopic (exact) mass is 252 g/mol. The molecule has 1 heterocycles. The molecule has 1 fully saturated rings. The van der Waals surface area contributed by atoms with E-state index in [1.807, 2.05) is 13.8 Å². The molecule has 0 saturated carbocycles. The van der Waals surface area contributed by atoms with Crippen LogP contribution in [0.15, 0.2) is 0 Å². The predicted molar refractivity (Wildman–Crippen MR) is 58.3 cm³/mol. The molecular weight excluding hydrogens is 233 g/mol. The van der Waals surface area contributed by atoms with Crippen molar-refractivity contribution in [1.29, 1.82) is 0 Å². The summed E-state index contributed by atoms with van der Waals surface area (Å²) in [4.78, 5) is 13.4. The molecule has 0 aromatic rings. The number of carbonyl (C=O) groups is 1. The van der Waals surface area contributed by atoms with Crippen molar-refractivity contribution in [2.45, 2.75) is 57.9 Å². The molecule has 100 valence electrons. The van der Waals surface area contributed by atoms with Gasteiger partial charge in [0.15, 0.2) is 0 Å². The standard InChI is InChI=1S/C11H19F3N2O/c1-4-8-15-10(3,5-2)9(17)16(8)7-6-11(12,13)14/h8,15H,4-7H2,1-3H3. The van der Waals surface area contributed by atoms with Gasteiger partial charge in [-0.3, -0.25) is 10.1 Å². The van der Waals surface area contributed by atoms with Crippen molar-refractivity contribution in [3.05, 3.63) is 0 Å². The number of nitrogens with zero attached hydrogens (tertiary/aromatic N) is 1.